The Hall–Kier alpha value is -2.04. The summed E-state index contributed by atoms with van der Waals surface area (Å²) in [5.41, 5.74) is 4.12. The van der Waals surface area contributed by atoms with E-state index in [2.05, 4.69) is 70.2 Å². The summed E-state index contributed by atoms with van der Waals surface area (Å²) >= 11 is 0. The van der Waals surface area contributed by atoms with Crippen LogP contribution < -0.4 is 9.64 Å². The Kier molecular flexibility index (Phi) is 6.18. The van der Waals surface area contributed by atoms with Crippen LogP contribution in [0, 0.1) is 6.92 Å². The number of hydrogen-bond acceptors (Lipinski definition) is 4. The molecule has 0 saturated carbocycles. The number of rotatable bonds is 5. The predicted octanol–water partition coefficient (Wildman–Crippen LogP) is 3.79. The minimum absolute atomic E-state index is 0.705. The number of aryl methyl sites for hydroxylation is 1. The van der Waals surface area contributed by atoms with Crippen molar-refractivity contribution in [3.8, 4) is 5.75 Å². The van der Waals surface area contributed by atoms with Crippen molar-refractivity contribution in [2.24, 2.45) is 0 Å². The molecular weight excluding hydrogens is 346 g/mol. The van der Waals surface area contributed by atoms with Gasteiger partial charge in [0, 0.05) is 51.0 Å². The van der Waals surface area contributed by atoms with Crippen molar-refractivity contribution in [2.45, 2.75) is 32.4 Å². The van der Waals surface area contributed by atoms with Gasteiger partial charge in [0.05, 0.1) is 7.11 Å². The van der Waals surface area contributed by atoms with Crippen LogP contribution in [0.15, 0.2) is 48.5 Å². The summed E-state index contributed by atoms with van der Waals surface area (Å²) < 4.78 is 5.28. The molecular formula is C24H33N3O. The number of anilines is 1. The first-order valence-electron chi connectivity index (χ1n) is 10.6. The highest BCUT2D eigenvalue weighted by Crippen LogP contribution is 2.23. The minimum atomic E-state index is 0.705. The monoisotopic (exact) mass is 379 g/mol. The summed E-state index contributed by atoms with van der Waals surface area (Å²) in [6.45, 7) is 10.3. The maximum absolute atomic E-state index is 5.28. The molecule has 4 nitrogen and oxygen atoms in total. The van der Waals surface area contributed by atoms with Gasteiger partial charge in [-0.3, -0.25) is 9.80 Å². The zero-order valence-electron chi connectivity index (χ0n) is 17.3. The maximum atomic E-state index is 5.28. The van der Waals surface area contributed by atoms with E-state index < -0.39 is 0 Å². The van der Waals surface area contributed by atoms with E-state index >= 15 is 0 Å². The number of benzene rings is 2. The zero-order valence-corrected chi connectivity index (χ0v) is 17.3. The van der Waals surface area contributed by atoms with Gasteiger partial charge in [-0.15, -0.1) is 0 Å². The highest BCUT2D eigenvalue weighted by Gasteiger charge is 2.28. The van der Waals surface area contributed by atoms with Gasteiger partial charge in [-0.2, -0.15) is 0 Å². The molecule has 0 N–H and O–H groups in total. The molecule has 2 heterocycles. The molecule has 0 aliphatic carbocycles. The summed E-state index contributed by atoms with van der Waals surface area (Å²) in [5, 5.41) is 0. The van der Waals surface area contributed by atoms with Crippen LogP contribution in [0.4, 0.5) is 5.69 Å². The highest BCUT2D eigenvalue weighted by atomic mass is 16.5. The molecule has 0 aromatic heterocycles. The quantitative estimate of drug-likeness (QED) is 0.787. The summed E-state index contributed by atoms with van der Waals surface area (Å²) in [5.74, 6) is 0.929. The van der Waals surface area contributed by atoms with Gasteiger partial charge in [0.25, 0.3) is 0 Å². The number of methoxy groups -OCH3 is 1. The van der Waals surface area contributed by atoms with Gasteiger partial charge in [-0.05, 0) is 56.1 Å². The molecule has 28 heavy (non-hydrogen) atoms. The minimum Gasteiger partial charge on any atom is -0.497 e. The number of nitrogens with zero attached hydrogens (tertiary/aromatic N) is 3. The lowest BCUT2D eigenvalue weighted by Crippen LogP contribution is -2.55. The fraction of sp³-hybridized carbons (Fsp3) is 0.500. The van der Waals surface area contributed by atoms with Crippen molar-refractivity contribution >= 4 is 5.69 Å². The van der Waals surface area contributed by atoms with E-state index in [1.807, 2.05) is 0 Å². The van der Waals surface area contributed by atoms with Gasteiger partial charge >= 0.3 is 0 Å². The lowest BCUT2D eigenvalue weighted by Gasteiger charge is -2.44. The Bertz CT molecular complexity index is 753. The standard InChI is InChI=1S/C24H33N3O/c1-20-5-3-6-21(17-20)18-25-12-4-7-23(19-25)27-15-13-26(14-16-27)22-8-10-24(28-2)11-9-22/h3,5-6,8-11,17,23H,4,7,12-16,18-19H2,1-2H3/t23-/m1/s1. The van der Waals surface area contributed by atoms with Crippen molar-refractivity contribution in [1.82, 2.24) is 9.80 Å². The van der Waals surface area contributed by atoms with Crippen LogP contribution in [-0.2, 0) is 6.54 Å². The van der Waals surface area contributed by atoms with Crippen LogP contribution in [0.1, 0.15) is 24.0 Å². The van der Waals surface area contributed by atoms with E-state index in [9.17, 15) is 0 Å². The van der Waals surface area contributed by atoms with Crippen molar-refractivity contribution in [1.29, 1.82) is 0 Å². The van der Waals surface area contributed by atoms with Gasteiger partial charge in [-0.1, -0.05) is 29.8 Å². The van der Waals surface area contributed by atoms with E-state index in [0.29, 0.717) is 6.04 Å². The van der Waals surface area contributed by atoms with Crippen LogP contribution in [0.5, 0.6) is 5.75 Å². The number of likely N-dealkylation sites (tertiary alicyclic amines) is 1. The maximum Gasteiger partial charge on any atom is 0.119 e. The smallest absolute Gasteiger partial charge is 0.119 e. The average molecular weight is 380 g/mol. The van der Waals surface area contributed by atoms with E-state index in [4.69, 9.17) is 4.74 Å². The Balaban J connectivity index is 1.30. The fourth-order valence-electron chi connectivity index (χ4n) is 4.68. The molecule has 0 unspecified atom stereocenters. The normalized spacial score (nSPS) is 21.6. The molecule has 2 fully saturated rings. The molecule has 0 radical (unpaired) electrons. The number of ether oxygens (including phenoxy) is 1. The lowest BCUT2D eigenvalue weighted by molar-refractivity contribution is 0.0888. The zero-order chi connectivity index (χ0) is 19.3. The molecule has 2 aromatic rings. The van der Waals surface area contributed by atoms with Gasteiger partial charge in [0.15, 0.2) is 0 Å². The molecule has 1 atom stereocenters. The lowest BCUT2D eigenvalue weighted by atomic mass is 10.0. The second kappa shape index (κ2) is 8.97. The largest absolute Gasteiger partial charge is 0.497 e. The summed E-state index contributed by atoms with van der Waals surface area (Å²) in [6, 6.07) is 18.2. The van der Waals surface area contributed by atoms with Gasteiger partial charge in [0.2, 0.25) is 0 Å². The van der Waals surface area contributed by atoms with E-state index in [1.54, 1.807) is 7.11 Å². The summed E-state index contributed by atoms with van der Waals surface area (Å²) in [7, 11) is 1.72. The molecule has 2 saturated heterocycles. The highest BCUT2D eigenvalue weighted by molar-refractivity contribution is 5.49. The molecule has 4 rings (SSSR count). The average Bonchev–Trinajstić information content (AvgIpc) is 2.74. The molecule has 0 spiro atoms. The van der Waals surface area contributed by atoms with Gasteiger partial charge < -0.3 is 9.64 Å². The second-order valence-electron chi connectivity index (χ2n) is 8.24. The summed E-state index contributed by atoms with van der Waals surface area (Å²) in [6.07, 6.45) is 2.65. The Morgan fingerprint density at radius 3 is 2.46 bits per heavy atom. The topological polar surface area (TPSA) is 19.0 Å². The molecule has 2 aliphatic rings. The third-order valence-corrected chi connectivity index (χ3v) is 6.24. The Morgan fingerprint density at radius 1 is 0.964 bits per heavy atom. The Morgan fingerprint density at radius 2 is 1.75 bits per heavy atom. The first-order valence-corrected chi connectivity index (χ1v) is 10.6. The number of hydrogen-bond donors (Lipinski definition) is 0. The molecule has 150 valence electrons. The van der Waals surface area contributed by atoms with Crippen molar-refractivity contribution in [3.05, 3.63) is 59.7 Å². The van der Waals surface area contributed by atoms with Gasteiger partial charge in [-0.25, -0.2) is 0 Å². The number of piperidine rings is 1. The van der Waals surface area contributed by atoms with E-state index in [-0.39, 0.29) is 0 Å². The van der Waals surface area contributed by atoms with E-state index in [0.717, 1.165) is 38.5 Å². The molecule has 0 amide bonds. The first-order chi connectivity index (χ1) is 13.7. The number of piperazine rings is 1. The molecule has 4 heteroatoms. The summed E-state index contributed by atoms with van der Waals surface area (Å²) in [4.78, 5) is 7.88. The third kappa shape index (κ3) is 4.68. The van der Waals surface area contributed by atoms with Crippen LogP contribution in [0.3, 0.4) is 0 Å². The molecule has 2 aromatic carbocycles. The predicted molar refractivity (Wildman–Crippen MR) is 116 cm³/mol. The van der Waals surface area contributed by atoms with Gasteiger partial charge in [0.1, 0.15) is 5.75 Å². The van der Waals surface area contributed by atoms with Crippen LogP contribution in [0.2, 0.25) is 0 Å². The molecule has 0 bridgehead atoms. The van der Waals surface area contributed by atoms with Crippen molar-refractivity contribution in [2.75, 3.05) is 51.3 Å². The second-order valence-corrected chi connectivity index (χ2v) is 8.24. The third-order valence-electron chi connectivity index (χ3n) is 6.24. The SMILES string of the molecule is COc1ccc(N2CCN([C@@H]3CCCN(Cc4cccc(C)c4)C3)CC2)cc1. The fourth-order valence-corrected chi connectivity index (χ4v) is 4.68. The molecule has 2 aliphatic heterocycles. The Labute approximate surface area is 169 Å². The van der Waals surface area contributed by atoms with Crippen LogP contribution in [-0.4, -0.2) is 62.2 Å². The van der Waals surface area contributed by atoms with E-state index in [1.165, 1.54) is 42.7 Å². The van der Waals surface area contributed by atoms with Crippen LogP contribution in [0.25, 0.3) is 0 Å². The first kappa shape index (κ1) is 19.3. The van der Waals surface area contributed by atoms with Crippen molar-refractivity contribution < 1.29 is 4.74 Å². The van der Waals surface area contributed by atoms with Crippen molar-refractivity contribution in [3.63, 3.8) is 0 Å². The van der Waals surface area contributed by atoms with Crippen LogP contribution >= 0.6 is 0 Å².